The number of nitrogens with one attached hydrogen (secondary N) is 2. The van der Waals surface area contributed by atoms with Crippen molar-refractivity contribution in [3.05, 3.63) is 41.0 Å². The minimum absolute atomic E-state index is 0.206. The summed E-state index contributed by atoms with van der Waals surface area (Å²) in [7, 11) is 0. The first-order chi connectivity index (χ1) is 12.2. The number of carbonyl (C=O) groups is 2. The molecule has 2 amide bonds. The summed E-state index contributed by atoms with van der Waals surface area (Å²) in [6, 6.07) is 7.42. The molecule has 1 fully saturated rings. The average Bonchev–Trinajstić information content (AvgIpc) is 2.86. The third kappa shape index (κ3) is 3.90. The maximum absolute atomic E-state index is 12.5. The third-order valence-corrected chi connectivity index (χ3v) is 4.60. The predicted molar refractivity (Wildman–Crippen MR) is 100 cm³/mol. The predicted octanol–water partition coefficient (Wildman–Crippen LogP) is 3.21. The summed E-state index contributed by atoms with van der Waals surface area (Å²) >= 11 is 6.18. The molecule has 1 aliphatic rings. The van der Waals surface area contributed by atoms with Crippen LogP contribution in [0.4, 0.5) is 4.79 Å². The van der Waals surface area contributed by atoms with Crippen LogP contribution in [0.2, 0.25) is 5.02 Å². The van der Waals surface area contributed by atoms with Crippen LogP contribution in [0, 0.1) is 0 Å². The summed E-state index contributed by atoms with van der Waals surface area (Å²) in [5.74, 6) is -0.206. The molecule has 3 rings (SSSR count). The number of hydrogen-bond acceptors (Lipinski definition) is 4. The van der Waals surface area contributed by atoms with E-state index < -0.39 is 17.2 Å². The Bertz CT molecular complexity index is 863. The molecule has 1 atom stereocenters. The number of aromatic nitrogens is 1. The van der Waals surface area contributed by atoms with Gasteiger partial charge in [0.25, 0.3) is 0 Å². The zero-order valence-electron chi connectivity index (χ0n) is 15.1. The number of hydrogen-bond donors (Lipinski definition) is 2. The van der Waals surface area contributed by atoms with Gasteiger partial charge in [-0.25, -0.2) is 4.79 Å². The molecule has 1 saturated heterocycles. The molecule has 2 heterocycles. The molecule has 1 aliphatic heterocycles. The van der Waals surface area contributed by atoms with Crippen LogP contribution in [0.15, 0.2) is 30.5 Å². The van der Waals surface area contributed by atoms with Crippen LogP contribution in [0.1, 0.15) is 32.8 Å². The number of carbonyl (C=O) groups excluding carboxylic acids is 2. The van der Waals surface area contributed by atoms with E-state index in [0.29, 0.717) is 24.4 Å². The Morgan fingerprint density at radius 3 is 2.81 bits per heavy atom. The molecule has 138 valence electrons. The lowest BCUT2D eigenvalue weighted by atomic mass is 9.89. The summed E-state index contributed by atoms with van der Waals surface area (Å²) in [4.78, 5) is 29.1. The first kappa shape index (κ1) is 18.5. The highest BCUT2D eigenvalue weighted by atomic mass is 35.5. The molecule has 0 spiro atoms. The van der Waals surface area contributed by atoms with Crippen LogP contribution >= 0.6 is 11.6 Å². The number of pyridine rings is 1. The lowest BCUT2D eigenvalue weighted by molar-refractivity contribution is -0.124. The number of alkyl carbamates (subject to hydrolysis) is 1. The second-order valence-corrected chi connectivity index (χ2v) is 7.94. The molecule has 2 aromatic rings. The van der Waals surface area contributed by atoms with E-state index in [1.54, 1.807) is 33.0 Å². The van der Waals surface area contributed by atoms with Gasteiger partial charge >= 0.3 is 6.09 Å². The molecule has 26 heavy (non-hydrogen) atoms. The number of ether oxygens (including phenoxy) is 1. The van der Waals surface area contributed by atoms with E-state index in [4.69, 9.17) is 16.3 Å². The maximum Gasteiger partial charge on any atom is 0.408 e. The van der Waals surface area contributed by atoms with Gasteiger partial charge in [-0.1, -0.05) is 23.7 Å². The van der Waals surface area contributed by atoms with Crippen molar-refractivity contribution in [3.63, 3.8) is 0 Å². The number of benzene rings is 1. The molecule has 1 aromatic heterocycles. The largest absolute Gasteiger partial charge is 0.444 e. The Balaban J connectivity index is 1.87. The molecule has 0 aliphatic carbocycles. The Hall–Kier alpha value is -2.34. The lowest BCUT2D eigenvalue weighted by Crippen LogP contribution is -2.56. The highest BCUT2D eigenvalue weighted by Crippen LogP contribution is 2.27. The fraction of sp³-hybridized carbons (Fsp3) is 0.421. The van der Waals surface area contributed by atoms with Gasteiger partial charge in [0.1, 0.15) is 11.1 Å². The Labute approximate surface area is 157 Å². The van der Waals surface area contributed by atoms with Gasteiger partial charge in [-0.2, -0.15) is 0 Å². The van der Waals surface area contributed by atoms with E-state index >= 15 is 0 Å². The van der Waals surface area contributed by atoms with Crippen LogP contribution in [0.3, 0.4) is 0 Å². The summed E-state index contributed by atoms with van der Waals surface area (Å²) in [5, 5.41) is 7.06. The Kier molecular flexibility index (Phi) is 4.80. The van der Waals surface area contributed by atoms with E-state index in [2.05, 4.69) is 15.6 Å². The van der Waals surface area contributed by atoms with Crippen molar-refractivity contribution < 1.29 is 14.3 Å². The minimum Gasteiger partial charge on any atom is -0.444 e. The number of rotatable bonds is 3. The number of nitrogens with zero attached hydrogens (tertiary/aromatic N) is 1. The van der Waals surface area contributed by atoms with E-state index in [-0.39, 0.29) is 5.91 Å². The van der Waals surface area contributed by atoms with Gasteiger partial charge < -0.3 is 15.4 Å². The standard InChI is InChI=1S/C19H22ClN3O3/c1-18(2,3)26-17(25)23-19(7-9-22-16(19)24)11-12-4-5-13-14(20)6-8-21-15(13)10-12/h4-6,8,10H,7,9,11H2,1-3H3,(H,22,24)(H,23,25)/t19-/m1/s1. The topological polar surface area (TPSA) is 80.3 Å². The van der Waals surface area contributed by atoms with E-state index in [0.717, 1.165) is 16.5 Å². The smallest absolute Gasteiger partial charge is 0.408 e. The van der Waals surface area contributed by atoms with Gasteiger partial charge in [0, 0.05) is 24.5 Å². The van der Waals surface area contributed by atoms with E-state index in [1.807, 2.05) is 18.2 Å². The van der Waals surface area contributed by atoms with E-state index in [1.165, 1.54) is 0 Å². The van der Waals surface area contributed by atoms with Gasteiger partial charge in [0.05, 0.1) is 10.5 Å². The van der Waals surface area contributed by atoms with Crippen molar-refractivity contribution >= 4 is 34.5 Å². The van der Waals surface area contributed by atoms with Crippen molar-refractivity contribution in [1.29, 1.82) is 0 Å². The lowest BCUT2D eigenvalue weighted by Gasteiger charge is -2.29. The molecular weight excluding hydrogens is 354 g/mol. The molecule has 7 heteroatoms. The van der Waals surface area contributed by atoms with Crippen molar-refractivity contribution in [3.8, 4) is 0 Å². The first-order valence-corrected chi connectivity index (χ1v) is 8.89. The zero-order valence-corrected chi connectivity index (χ0v) is 15.8. The fourth-order valence-electron chi connectivity index (χ4n) is 3.12. The van der Waals surface area contributed by atoms with Gasteiger partial charge in [0.2, 0.25) is 5.91 Å². The van der Waals surface area contributed by atoms with Crippen LogP contribution in [0.5, 0.6) is 0 Å². The first-order valence-electron chi connectivity index (χ1n) is 8.51. The highest BCUT2D eigenvalue weighted by molar-refractivity contribution is 6.35. The molecule has 0 saturated carbocycles. The molecule has 6 nitrogen and oxygen atoms in total. The summed E-state index contributed by atoms with van der Waals surface area (Å²) in [5.41, 5.74) is -0.0281. The Morgan fingerprint density at radius 2 is 2.15 bits per heavy atom. The van der Waals surface area contributed by atoms with Crippen LogP contribution in [0.25, 0.3) is 10.9 Å². The Morgan fingerprint density at radius 1 is 1.38 bits per heavy atom. The van der Waals surface area contributed by atoms with Crippen LogP contribution in [-0.4, -0.2) is 34.7 Å². The zero-order chi connectivity index (χ0) is 18.9. The van der Waals surface area contributed by atoms with E-state index in [9.17, 15) is 9.59 Å². The van der Waals surface area contributed by atoms with Gasteiger partial charge in [-0.3, -0.25) is 9.78 Å². The van der Waals surface area contributed by atoms with Gasteiger partial charge in [0.15, 0.2) is 0 Å². The van der Waals surface area contributed by atoms with Crippen LogP contribution < -0.4 is 10.6 Å². The highest BCUT2D eigenvalue weighted by Gasteiger charge is 2.44. The average molecular weight is 376 g/mol. The maximum atomic E-state index is 12.5. The van der Waals surface area contributed by atoms with Crippen LogP contribution in [-0.2, 0) is 16.0 Å². The SMILES string of the molecule is CC(C)(C)OC(=O)N[C@@]1(Cc2ccc3c(Cl)ccnc3c2)CCNC1=O. The fourth-order valence-corrected chi connectivity index (χ4v) is 3.34. The molecule has 1 aromatic carbocycles. The molecule has 0 bridgehead atoms. The number of halogens is 1. The molecule has 0 radical (unpaired) electrons. The molecule has 0 unspecified atom stereocenters. The second-order valence-electron chi connectivity index (χ2n) is 7.54. The van der Waals surface area contributed by atoms with Crippen molar-refractivity contribution in [2.45, 2.75) is 44.8 Å². The minimum atomic E-state index is -1.03. The number of fused-ring (bicyclic) bond motifs is 1. The molecular formula is C19H22ClN3O3. The second kappa shape index (κ2) is 6.76. The van der Waals surface area contributed by atoms with Crippen molar-refractivity contribution in [1.82, 2.24) is 15.6 Å². The third-order valence-electron chi connectivity index (χ3n) is 4.27. The normalized spacial score (nSPS) is 20.1. The van der Waals surface area contributed by atoms with Crippen molar-refractivity contribution in [2.75, 3.05) is 6.54 Å². The van der Waals surface area contributed by atoms with Gasteiger partial charge in [-0.05, 0) is 44.9 Å². The number of amides is 2. The summed E-state index contributed by atoms with van der Waals surface area (Å²) < 4.78 is 5.34. The summed E-state index contributed by atoms with van der Waals surface area (Å²) in [6.07, 6.45) is 1.89. The summed E-state index contributed by atoms with van der Waals surface area (Å²) in [6.45, 7) is 5.86. The van der Waals surface area contributed by atoms with Gasteiger partial charge in [-0.15, -0.1) is 0 Å². The quantitative estimate of drug-likeness (QED) is 0.863. The van der Waals surface area contributed by atoms with Crippen molar-refractivity contribution in [2.24, 2.45) is 0 Å². The monoisotopic (exact) mass is 375 g/mol. The molecule has 2 N–H and O–H groups in total.